The lowest BCUT2D eigenvalue weighted by Gasteiger charge is -2.30. The summed E-state index contributed by atoms with van der Waals surface area (Å²) < 4.78 is 46.7. The molecule has 3 heterocycles. The number of amides is 3. The number of fused-ring (bicyclic) bond motifs is 2. The van der Waals surface area contributed by atoms with Crippen LogP contribution in [-0.2, 0) is 27.1 Å². The molecule has 14 heteroatoms. The van der Waals surface area contributed by atoms with Crippen LogP contribution >= 0.6 is 39.0 Å². The molecule has 0 saturated carbocycles. The topological polar surface area (TPSA) is 97.7 Å². The molecule has 226 valence electrons. The number of methoxy groups -OCH3 is 1. The number of alkyl halides is 3. The molecule has 0 spiro atoms. The Kier molecular flexibility index (Phi) is 7.92. The Morgan fingerprint density at radius 3 is 2.41 bits per heavy atom. The number of hydrogen-bond acceptors (Lipinski definition) is 7. The molecule has 6 rings (SSSR count). The number of halogens is 4. The van der Waals surface area contributed by atoms with Gasteiger partial charge in [-0.05, 0) is 60.2 Å². The van der Waals surface area contributed by atoms with E-state index in [0.717, 1.165) is 44.6 Å². The molecule has 1 saturated heterocycles. The molecule has 0 aliphatic carbocycles. The molecule has 1 N–H and O–H groups in total. The molecule has 3 amide bonds. The Morgan fingerprint density at radius 2 is 1.73 bits per heavy atom. The van der Waals surface area contributed by atoms with E-state index in [9.17, 15) is 32.3 Å². The summed E-state index contributed by atoms with van der Waals surface area (Å²) in [7, 11) is 1.51. The maximum Gasteiger partial charge on any atom is 0.416 e. The Balaban J connectivity index is 1.37. The Hall–Kier alpha value is -3.88. The minimum Gasteiger partial charge on any atom is -0.497 e. The smallest absolute Gasteiger partial charge is 0.416 e. The van der Waals surface area contributed by atoms with E-state index in [2.05, 4.69) is 21.2 Å². The van der Waals surface area contributed by atoms with Gasteiger partial charge in [-0.3, -0.25) is 23.7 Å². The molecule has 0 bridgehead atoms. The minimum absolute atomic E-state index is 0.0756. The third kappa shape index (κ3) is 5.46. The van der Waals surface area contributed by atoms with Crippen molar-refractivity contribution in [2.45, 2.75) is 28.9 Å². The van der Waals surface area contributed by atoms with E-state index in [0.29, 0.717) is 26.9 Å². The highest BCUT2D eigenvalue weighted by molar-refractivity contribution is 9.10. The third-order valence-electron chi connectivity index (χ3n) is 7.36. The fraction of sp³-hybridized carbons (Fsp3) is 0.200. The lowest BCUT2D eigenvalue weighted by atomic mass is 9.83. The van der Waals surface area contributed by atoms with Gasteiger partial charge in [0.15, 0.2) is 0 Å². The van der Waals surface area contributed by atoms with Gasteiger partial charge in [-0.1, -0.05) is 57.2 Å². The van der Waals surface area contributed by atoms with Crippen LogP contribution in [0.4, 0.5) is 24.5 Å². The number of rotatable bonds is 6. The molecule has 2 aliphatic rings. The number of nitrogens with zero attached hydrogens (tertiary/aromatic N) is 2. The number of imide groups is 1. The zero-order chi connectivity index (χ0) is 31.3. The van der Waals surface area contributed by atoms with Gasteiger partial charge >= 0.3 is 11.0 Å². The van der Waals surface area contributed by atoms with Crippen molar-refractivity contribution in [3.8, 4) is 5.75 Å². The summed E-state index contributed by atoms with van der Waals surface area (Å²) in [5.74, 6) is -2.54. The zero-order valence-corrected chi connectivity index (χ0v) is 25.9. The van der Waals surface area contributed by atoms with Crippen LogP contribution in [0.25, 0.3) is 0 Å². The summed E-state index contributed by atoms with van der Waals surface area (Å²) in [6.07, 6.45) is -4.59. The fourth-order valence-electron chi connectivity index (χ4n) is 5.42. The molecule has 0 unspecified atom stereocenters. The lowest BCUT2D eigenvalue weighted by Crippen LogP contribution is -2.33. The average molecular weight is 705 g/mol. The molecule has 1 fully saturated rings. The highest BCUT2D eigenvalue weighted by atomic mass is 79.9. The van der Waals surface area contributed by atoms with Gasteiger partial charge in [0.05, 0.1) is 29.3 Å². The van der Waals surface area contributed by atoms with Crippen LogP contribution in [0.1, 0.15) is 21.9 Å². The largest absolute Gasteiger partial charge is 0.497 e. The van der Waals surface area contributed by atoms with Gasteiger partial charge < -0.3 is 10.1 Å². The number of benzene rings is 3. The molecule has 3 aromatic carbocycles. The van der Waals surface area contributed by atoms with Crippen LogP contribution in [0.15, 0.2) is 87.1 Å². The lowest BCUT2D eigenvalue weighted by molar-refractivity contribution is -0.137. The van der Waals surface area contributed by atoms with E-state index in [-0.39, 0.29) is 5.69 Å². The van der Waals surface area contributed by atoms with Crippen LogP contribution in [0.2, 0.25) is 0 Å². The van der Waals surface area contributed by atoms with Gasteiger partial charge in [-0.2, -0.15) is 13.2 Å². The molecule has 2 aliphatic heterocycles. The first kappa shape index (κ1) is 30.2. The van der Waals surface area contributed by atoms with Crippen molar-refractivity contribution in [3.63, 3.8) is 0 Å². The maximum atomic E-state index is 14.0. The molecule has 4 aromatic rings. The Morgan fingerprint density at radius 1 is 1.00 bits per heavy atom. The predicted molar refractivity (Wildman–Crippen MR) is 163 cm³/mol. The number of aromatic nitrogens is 1. The minimum atomic E-state index is -4.59. The first-order valence-corrected chi connectivity index (χ1v) is 15.6. The molecule has 0 radical (unpaired) electrons. The second-order valence-electron chi connectivity index (χ2n) is 10.1. The van der Waals surface area contributed by atoms with Crippen molar-refractivity contribution in [1.29, 1.82) is 0 Å². The van der Waals surface area contributed by atoms with Gasteiger partial charge in [0, 0.05) is 21.0 Å². The summed E-state index contributed by atoms with van der Waals surface area (Å²) in [5.41, 5.74) is 0.0820. The number of nitrogens with one attached hydrogen (secondary N) is 1. The van der Waals surface area contributed by atoms with Crippen LogP contribution in [0.3, 0.4) is 0 Å². The molecular weight excluding hydrogens is 683 g/mol. The van der Waals surface area contributed by atoms with Crippen LogP contribution in [0, 0.1) is 5.92 Å². The van der Waals surface area contributed by atoms with Gasteiger partial charge in [0.25, 0.3) is 0 Å². The maximum absolute atomic E-state index is 14.0. The normalized spacial score (nSPS) is 19.5. The van der Waals surface area contributed by atoms with Gasteiger partial charge in [-0.15, -0.1) is 0 Å². The number of anilines is 2. The number of ether oxygens (including phenoxy) is 1. The second-order valence-corrected chi connectivity index (χ2v) is 13.1. The van der Waals surface area contributed by atoms with Crippen LogP contribution in [-0.4, -0.2) is 34.6 Å². The Labute approximate surface area is 265 Å². The highest BCUT2D eigenvalue weighted by Gasteiger charge is 2.56. The van der Waals surface area contributed by atoms with Crippen molar-refractivity contribution in [2.75, 3.05) is 17.3 Å². The number of thiazole rings is 1. The molecule has 1 aromatic heterocycles. The average Bonchev–Trinajstić information content (AvgIpc) is 3.43. The second kappa shape index (κ2) is 11.6. The highest BCUT2D eigenvalue weighted by Crippen LogP contribution is 2.54. The van der Waals surface area contributed by atoms with Crippen molar-refractivity contribution >= 4 is 68.1 Å². The SMILES string of the molecule is COc1ccc(N2C(=O)[C@H]3[C@H](c4cccc(Br)c4)c4sc(=O)n(CC(=O)Nc5cccc(C(F)(F)F)c5)c4S[C@H]3C2=O)cc1. The number of carbonyl (C=O) groups is 3. The number of hydrogen-bond donors (Lipinski definition) is 1. The van der Waals surface area contributed by atoms with Crippen molar-refractivity contribution in [1.82, 2.24) is 4.57 Å². The summed E-state index contributed by atoms with van der Waals surface area (Å²) >= 11 is 5.39. The quantitative estimate of drug-likeness (QED) is 0.243. The van der Waals surface area contributed by atoms with E-state index in [1.165, 1.54) is 23.8 Å². The van der Waals surface area contributed by atoms with Gasteiger partial charge in [-0.25, -0.2) is 4.90 Å². The summed E-state index contributed by atoms with van der Waals surface area (Å²) in [6, 6.07) is 18.0. The van der Waals surface area contributed by atoms with Crippen LogP contribution < -0.4 is 19.8 Å². The molecule has 8 nitrogen and oxygen atoms in total. The van der Waals surface area contributed by atoms with E-state index in [1.807, 2.05) is 18.2 Å². The molecule has 44 heavy (non-hydrogen) atoms. The summed E-state index contributed by atoms with van der Waals surface area (Å²) in [4.78, 5) is 55.3. The fourth-order valence-corrected chi connectivity index (χ4v) is 8.61. The van der Waals surface area contributed by atoms with Crippen LogP contribution in [0.5, 0.6) is 5.75 Å². The third-order valence-corrected chi connectivity index (χ3v) is 10.5. The van der Waals surface area contributed by atoms with Gasteiger partial charge in [0.2, 0.25) is 17.7 Å². The van der Waals surface area contributed by atoms with Crippen molar-refractivity contribution < 1.29 is 32.3 Å². The molecular formula is C30H21BrF3N3O5S2. The van der Waals surface area contributed by atoms with Gasteiger partial charge in [0.1, 0.15) is 17.5 Å². The van der Waals surface area contributed by atoms with E-state index >= 15 is 0 Å². The first-order chi connectivity index (χ1) is 21.0. The predicted octanol–water partition coefficient (Wildman–Crippen LogP) is 6.13. The standard InChI is InChI=1S/C30H21BrF3N3O5S2/c1-42-20-10-8-19(9-11-20)37-26(39)23-22(15-4-2-6-17(31)12-15)25-28(43-24(23)27(37)40)36(29(41)44-25)14-21(38)35-18-7-3-5-16(13-18)30(32,33)34/h2-13,22-24H,14H2,1H3,(H,35,38)/t22-,23-,24+/m0/s1. The van der Waals surface area contributed by atoms with E-state index < -0.39 is 58.0 Å². The van der Waals surface area contributed by atoms with Crippen molar-refractivity contribution in [3.05, 3.63) is 103 Å². The zero-order valence-electron chi connectivity index (χ0n) is 22.6. The Bertz CT molecular complexity index is 1860. The summed E-state index contributed by atoms with van der Waals surface area (Å²) in [5, 5.41) is 1.90. The first-order valence-electron chi connectivity index (χ1n) is 13.1. The number of carbonyl (C=O) groups excluding carboxylic acids is 3. The van der Waals surface area contributed by atoms with E-state index in [4.69, 9.17) is 4.74 Å². The number of thioether (sulfide) groups is 1. The monoisotopic (exact) mass is 703 g/mol. The van der Waals surface area contributed by atoms with Crippen molar-refractivity contribution in [2.24, 2.45) is 5.92 Å². The summed E-state index contributed by atoms with van der Waals surface area (Å²) in [6.45, 7) is -0.499. The molecule has 3 atom stereocenters. The van der Waals surface area contributed by atoms with E-state index in [1.54, 1.807) is 30.3 Å².